The zero-order chi connectivity index (χ0) is 15.2. The third-order valence-corrected chi connectivity index (χ3v) is 6.31. The van der Waals surface area contributed by atoms with Crippen LogP contribution in [0.5, 0.6) is 0 Å². The topological polar surface area (TPSA) is 63.2 Å². The monoisotopic (exact) mass is 347 g/mol. The fourth-order valence-corrected chi connectivity index (χ4v) is 5.00. The molecule has 0 spiro atoms. The van der Waals surface area contributed by atoms with Crippen LogP contribution >= 0.6 is 22.3 Å². The van der Waals surface area contributed by atoms with Crippen LogP contribution in [0.25, 0.3) is 0 Å². The van der Waals surface area contributed by atoms with Gasteiger partial charge in [-0.1, -0.05) is 18.0 Å². The highest BCUT2D eigenvalue weighted by molar-refractivity contribution is 8.13. The maximum atomic E-state index is 12.3. The Kier molecular flexibility index (Phi) is 3.93. The summed E-state index contributed by atoms with van der Waals surface area (Å²) in [5, 5.41) is 3.02. The number of nitrogens with one attached hydrogen (secondary N) is 1. The normalized spacial score (nSPS) is 27.8. The highest BCUT2D eigenvalue weighted by Crippen LogP contribution is 2.44. The van der Waals surface area contributed by atoms with Gasteiger partial charge in [0, 0.05) is 22.3 Å². The van der Waals surface area contributed by atoms with Gasteiger partial charge in [-0.2, -0.15) is 0 Å². The number of hydrogen-bond donors (Lipinski definition) is 1. The van der Waals surface area contributed by atoms with E-state index < -0.39 is 9.05 Å². The van der Waals surface area contributed by atoms with Crippen LogP contribution < -0.4 is 5.32 Å². The first-order chi connectivity index (χ1) is 9.84. The SMILES string of the molecule is O=C(NC1CC2CCC1C2)c1ccc(Cl)c(S(=O)(=O)Cl)c1. The van der Waals surface area contributed by atoms with Crippen LogP contribution in [0.4, 0.5) is 0 Å². The number of fused-ring (bicyclic) bond motifs is 2. The van der Waals surface area contributed by atoms with Crippen molar-refractivity contribution in [3.63, 3.8) is 0 Å². The summed E-state index contributed by atoms with van der Waals surface area (Å²) >= 11 is 5.81. The molecule has 0 aliphatic heterocycles. The third-order valence-electron chi connectivity index (χ3n) is 4.51. The van der Waals surface area contributed by atoms with Gasteiger partial charge >= 0.3 is 0 Å². The average Bonchev–Trinajstić information content (AvgIpc) is 3.00. The molecule has 0 radical (unpaired) electrons. The van der Waals surface area contributed by atoms with Crippen LogP contribution in [0.3, 0.4) is 0 Å². The lowest BCUT2D eigenvalue weighted by atomic mass is 9.95. The van der Waals surface area contributed by atoms with Crippen LogP contribution in [0.15, 0.2) is 23.1 Å². The second-order valence-electron chi connectivity index (χ2n) is 5.84. The lowest BCUT2D eigenvalue weighted by Gasteiger charge is -2.23. The summed E-state index contributed by atoms with van der Waals surface area (Å²) < 4.78 is 22.9. The fraction of sp³-hybridized carbons (Fsp3) is 0.500. The average molecular weight is 348 g/mol. The van der Waals surface area contributed by atoms with E-state index in [1.165, 1.54) is 31.0 Å². The molecule has 1 amide bonds. The van der Waals surface area contributed by atoms with Crippen LogP contribution in [0, 0.1) is 11.8 Å². The molecule has 2 bridgehead atoms. The number of carbonyl (C=O) groups is 1. The van der Waals surface area contributed by atoms with Crippen molar-refractivity contribution in [2.75, 3.05) is 0 Å². The van der Waals surface area contributed by atoms with Crippen LogP contribution in [-0.2, 0) is 9.05 Å². The molecule has 0 heterocycles. The Hall–Kier alpha value is -0.780. The Morgan fingerprint density at radius 2 is 2.00 bits per heavy atom. The quantitative estimate of drug-likeness (QED) is 0.854. The molecule has 3 rings (SSSR count). The van der Waals surface area contributed by atoms with Crippen molar-refractivity contribution in [3.05, 3.63) is 28.8 Å². The first-order valence-corrected chi connectivity index (χ1v) is 9.58. The van der Waals surface area contributed by atoms with Crippen molar-refractivity contribution in [2.24, 2.45) is 11.8 Å². The van der Waals surface area contributed by atoms with Gasteiger partial charge in [-0.15, -0.1) is 0 Å². The van der Waals surface area contributed by atoms with E-state index in [9.17, 15) is 13.2 Å². The van der Waals surface area contributed by atoms with Gasteiger partial charge in [0.2, 0.25) is 0 Å². The molecule has 2 fully saturated rings. The minimum absolute atomic E-state index is 0.0153. The van der Waals surface area contributed by atoms with Gasteiger partial charge < -0.3 is 5.32 Å². The standard InChI is InChI=1S/C14H15Cl2NO3S/c15-11-4-3-10(7-13(11)21(16,19)20)14(18)17-12-6-8-1-2-9(12)5-8/h3-4,7-9,12H,1-2,5-6H2,(H,17,18). The van der Waals surface area contributed by atoms with Crippen molar-refractivity contribution < 1.29 is 13.2 Å². The molecular weight excluding hydrogens is 333 g/mol. The molecule has 2 aliphatic rings. The highest BCUT2D eigenvalue weighted by atomic mass is 35.7. The van der Waals surface area contributed by atoms with Crippen LogP contribution in [-0.4, -0.2) is 20.4 Å². The summed E-state index contributed by atoms with van der Waals surface area (Å²) in [4.78, 5) is 12.0. The summed E-state index contributed by atoms with van der Waals surface area (Å²) in [5.74, 6) is 1.01. The van der Waals surface area contributed by atoms with Crippen molar-refractivity contribution in [1.29, 1.82) is 0 Å². The maximum Gasteiger partial charge on any atom is 0.262 e. The fourth-order valence-electron chi connectivity index (χ4n) is 3.50. The molecule has 2 aliphatic carbocycles. The minimum atomic E-state index is -3.96. The van der Waals surface area contributed by atoms with Crippen LogP contribution in [0.2, 0.25) is 5.02 Å². The van der Waals surface area contributed by atoms with E-state index in [1.807, 2.05) is 0 Å². The first-order valence-electron chi connectivity index (χ1n) is 6.89. The Balaban J connectivity index is 1.79. The lowest BCUT2D eigenvalue weighted by Crippen LogP contribution is -2.38. The molecule has 1 aromatic carbocycles. The molecule has 7 heteroatoms. The number of halogens is 2. The van der Waals surface area contributed by atoms with E-state index in [-0.39, 0.29) is 27.4 Å². The Labute approximate surface area is 133 Å². The number of amides is 1. The van der Waals surface area contributed by atoms with Crippen LogP contribution in [0.1, 0.15) is 36.0 Å². The third kappa shape index (κ3) is 3.05. The van der Waals surface area contributed by atoms with E-state index in [4.69, 9.17) is 22.3 Å². The summed E-state index contributed by atoms with van der Waals surface area (Å²) in [6.45, 7) is 0. The number of carbonyl (C=O) groups excluding carboxylic acids is 1. The largest absolute Gasteiger partial charge is 0.349 e. The molecular formula is C14H15Cl2NO3S. The van der Waals surface area contributed by atoms with Gasteiger partial charge in [0.05, 0.1) is 5.02 Å². The Morgan fingerprint density at radius 3 is 2.57 bits per heavy atom. The predicted molar refractivity (Wildman–Crippen MR) is 81.2 cm³/mol. The molecule has 0 saturated heterocycles. The van der Waals surface area contributed by atoms with E-state index in [1.54, 1.807) is 0 Å². The molecule has 0 aromatic heterocycles. The van der Waals surface area contributed by atoms with Gasteiger partial charge in [0.1, 0.15) is 4.90 Å². The molecule has 2 saturated carbocycles. The summed E-state index contributed by atoms with van der Waals surface area (Å²) in [6, 6.07) is 4.32. The molecule has 1 N–H and O–H groups in total. The summed E-state index contributed by atoms with van der Waals surface area (Å²) in [5.41, 5.74) is 0.265. The Bertz CT molecular complexity index is 689. The number of hydrogen-bond acceptors (Lipinski definition) is 3. The van der Waals surface area contributed by atoms with Crippen molar-refractivity contribution in [1.82, 2.24) is 5.32 Å². The second kappa shape index (κ2) is 5.45. The molecule has 114 valence electrons. The summed E-state index contributed by atoms with van der Waals surface area (Å²) in [7, 11) is 1.35. The molecule has 3 atom stereocenters. The lowest BCUT2D eigenvalue weighted by molar-refractivity contribution is 0.0922. The molecule has 4 nitrogen and oxygen atoms in total. The molecule has 1 aromatic rings. The molecule has 3 unspecified atom stereocenters. The van der Waals surface area contributed by atoms with Gasteiger partial charge in [-0.3, -0.25) is 4.79 Å². The van der Waals surface area contributed by atoms with E-state index in [0.29, 0.717) is 5.92 Å². The van der Waals surface area contributed by atoms with Gasteiger partial charge in [0.25, 0.3) is 15.0 Å². The predicted octanol–water partition coefficient (Wildman–Crippen LogP) is 3.19. The minimum Gasteiger partial charge on any atom is -0.349 e. The van der Waals surface area contributed by atoms with Crippen molar-refractivity contribution in [2.45, 2.75) is 36.6 Å². The van der Waals surface area contributed by atoms with Gasteiger partial charge in [-0.05, 0) is 49.3 Å². The van der Waals surface area contributed by atoms with Gasteiger partial charge in [-0.25, -0.2) is 8.42 Å². The number of benzene rings is 1. The zero-order valence-corrected chi connectivity index (χ0v) is 13.5. The van der Waals surface area contributed by atoms with E-state index >= 15 is 0 Å². The van der Waals surface area contributed by atoms with Gasteiger partial charge in [0.15, 0.2) is 0 Å². The van der Waals surface area contributed by atoms with E-state index in [0.717, 1.165) is 18.8 Å². The maximum absolute atomic E-state index is 12.3. The Morgan fingerprint density at radius 1 is 1.24 bits per heavy atom. The number of rotatable bonds is 3. The second-order valence-corrected chi connectivity index (χ2v) is 8.78. The summed E-state index contributed by atoms with van der Waals surface area (Å²) in [6.07, 6.45) is 4.63. The van der Waals surface area contributed by atoms with Crippen molar-refractivity contribution >= 4 is 37.2 Å². The highest BCUT2D eigenvalue weighted by Gasteiger charge is 2.40. The smallest absolute Gasteiger partial charge is 0.262 e. The molecule has 21 heavy (non-hydrogen) atoms. The van der Waals surface area contributed by atoms with E-state index in [2.05, 4.69) is 5.32 Å². The first kappa shape index (κ1) is 15.1. The zero-order valence-electron chi connectivity index (χ0n) is 11.2. The van der Waals surface area contributed by atoms with Crippen molar-refractivity contribution in [3.8, 4) is 0 Å².